The summed E-state index contributed by atoms with van der Waals surface area (Å²) in [6.45, 7) is 4.28. The summed E-state index contributed by atoms with van der Waals surface area (Å²) in [7, 11) is 7.90. The topological polar surface area (TPSA) is 18.8 Å². The number of guanidine groups is 1. The molecule has 0 aromatic rings. The molecule has 0 aromatic heterocycles. The third kappa shape index (κ3) is 5.40. The molecule has 0 fully saturated rings. The summed E-state index contributed by atoms with van der Waals surface area (Å²) in [5.41, 5.74) is 0. The van der Waals surface area contributed by atoms with Gasteiger partial charge < -0.3 is 9.80 Å². The fourth-order valence-corrected chi connectivity index (χ4v) is 0.829. The molecule has 0 bridgehead atoms. The molecule has 0 aliphatic rings. The zero-order valence-corrected chi connectivity index (χ0v) is 10.6. The van der Waals surface area contributed by atoms with Gasteiger partial charge in [-0.05, 0) is 0 Å². The molecule has 12 heavy (non-hydrogen) atoms. The van der Waals surface area contributed by atoms with Crippen molar-refractivity contribution in [3.63, 3.8) is 0 Å². The van der Waals surface area contributed by atoms with Gasteiger partial charge in [-0.15, -0.1) is 30.6 Å². The maximum absolute atomic E-state index is 4.29. The molecule has 0 aromatic carbocycles. The first-order valence-electron chi connectivity index (χ1n) is 3.59. The van der Waals surface area contributed by atoms with E-state index in [-0.39, 0.29) is 24.0 Å². The van der Waals surface area contributed by atoms with Crippen LogP contribution in [0.25, 0.3) is 0 Å². The van der Waals surface area contributed by atoms with Crippen molar-refractivity contribution in [2.75, 3.05) is 34.7 Å². The Morgan fingerprint density at radius 3 is 1.92 bits per heavy atom. The molecule has 0 rings (SSSR count). The molecule has 0 unspecified atom stereocenters. The zero-order chi connectivity index (χ0) is 8.85. The van der Waals surface area contributed by atoms with Crippen LogP contribution in [0, 0.1) is 0 Å². The Balaban J connectivity index is 0. The van der Waals surface area contributed by atoms with E-state index in [1.807, 2.05) is 38.0 Å². The van der Waals surface area contributed by atoms with Crippen LogP contribution in [0.3, 0.4) is 0 Å². The Morgan fingerprint density at radius 2 is 1.67 bits per heavy atom. The number of hydrogen-bond acceptors (Lipinski definition) is 1. The molecule has 4 heteroatoms. The first kappa shape index (κ1) is 14.3. The summed E-state index contributed by atoms with van der Waals surface area (Å²) < 4.78 is 0. The smallest absolute Gasteiger partial charge is 0.195 e. The second-order valence-corrected chi connectivity index (χ2v) is 2.72. The minimum atomic E-state index is 0. The third-order valence-corrected chi connectivity index (χ3v) is 1.16. The molecule has 0 saturated carbocycles. The SMILES string of the molecule is C=CCN=C(N(C)C)N(C)C.I. The lowest BCUT2D eigenvalue weighted by Crippen LogP contribution is -2.35. The van der Waals surface area contributed by atoms with Crippen molar-refractivity contribution >= 4 is 29.9 Å². The Morgan fingerprint density at radius 1 is 1.25 bits per heavy atom. The molecule has 0 amide bonds. The van der Waals surface area contributed by atoms with Crippen molar-refractivity contribution in [1.82, 2.24) is 9.80 Å². The molecule has 0 aliphatic heterocycles. The molecule has 0 aliphatic carbocycles. The molecular formula is C8H18IN3. The van der Waals surface area contributed by atoms with E-state index in [9.17, 15) is 0 Å². The maximum Gasteiger partial charge on any atom is 0.195 e. The molecule has 3 nitrogen and oxygen atoms in total. The lowest BCUT2D eigenvalue weighted by atomic mass is 10.6. The highest BCUT2D eigenvalue weighted by Gasteiger charge is 2.01. The van der Waals surface area contributed by atoms with Crippen LogP contribution >= 0.6 is 24.0 Å². The van der Waals surface area contributed by atoms with Gasteiger partial charge in [0.1, 0.15) is 0 Å². The van der Waals surface area contributed by atoms with Gasteiger partial charge in [0, 0.05) is 28.2 Å². The van der Waals surface area contributed by atoms with Gasteiger partial charge in [-0.25, -0.2) is 4.99 Å². The normalized spacial score (nSPS) is 8.00. The Labute approximate surface area is 92.2 Å². The average molecular weight is 283 g/mol. The van der Waals surface area contributed by atoms with Crippen LogP contribution < -0.4 is 0 Å². The lowest BCUT2D eigenvalue weighted by molar-refractivity contribution is 0.481. The number of aliphatic imine (C=N–C) groups is 1. The van der Waals surface area contributed by atoms with Gasteiger partial charge in [0.15, 0.2) is 5.96 Å². The summed E-state index contributed by atoms with van der Waals surface area (Å²) in [6, 6.07) is 0. The van der Waals surface area contributed by atoms with Gasteiger partial charge in [0.25, 0.3) is 0 Å². The largest absolute Gasteiger partial charge is 0.349 e. The minimum Gasteiger partial charge on any atom is -0.349 e. The number of halogens is 1. The van der Waals surface area contributed by atoms with Crippen LogP contribution in [0.15, 0.2) is 17.6 Å². The lowest BCUT2D eigenvalue weighted by Gasteiger charge is -2.22. The molecule has 0 saturated heterocycles. The van der Waals surface area contributed by atoms with E-state index in [2.05, 4.69) is 11.6 Å². The van der Waals surface area contributed by atoms with Crippen LogP contribution in [0.1, 0.15) is 0 Å². The van der Waals surface area contributed by atoms with Gasteiger partial charge in [-0.1, -0.05) is 6.08 Å². The maximum atomic E-state index is 4.29. The van der Waals surface area contributed by atoms with Crippen LogP contribution in [-0.2, 0) is 0 Å². The van der Waals surface area contributed by atoms with Crippen LogP contribution in [0.4, 0.5) is 0 Å². The predicted molar refractivity (Wildman–Crippen MR) is 65.3 cm³/mol. The summed E-state index contributed by atoms with van der Waals surface area (Å²) in [4.78, 5) is 8.24. The highest BCUT2D eigenvalue weighted by Crippen LogP contribution is 1.88. The first-order chi connectivity index (χ1) is 5.09. The quantitative estimate of drug-likeness (QED) is 0.329. The number of nitrogens with zero attached hydrogens (tertiary/aromatic N) is 3. The van der Waals surface area contributed by atoms with Crippen LogP contribution in [0.5, 0.6) is 0 Å². The van der Waals surface area contributed by atoms with E-state index in [1.54, 1.807) is 6.08 Å². The number of hydrogen-bond donors (Lipinski definition) is 0. The molecule has 0 heterocycles. The molecule has 0 N–H and O–H groups in total. The van der Waals surface area contributed by atoms with Crippen molar-refractivity contribution < 1.29 is 0 Å². The van der Waals surface area contributed by atoms with Crippen LogP contribution in [-0.4, -0.2) is 50.5 Å². The Kier molecular flexibility index (Phi) is 8.79. The summed E-state index contributed by atoms with van der Waals surface area (Å²) in [5, 5.41) is 0. The van der Waals surface area contributed by atoms with Gasteiger partial charge in [0.05, 0.1) is 6.54 Å². The predicted octanol–water partition coefficient (Wildman–Crippen LogP) is 1.27. The van der Waals surface area contributed by atoms with Gasteiger partial charge in [-0.3, -0.25) is 0 Å². The first-order valence-corrected chi connectivity index (χ1v) is 3.59. The van der Waals surface area contributed by atoms with Crippen LogP contribution in [0.2, 0.25) is 0 Å². The fraction of sp³-hybridized carbons (Fsp3) is 0.625. The monoisotopic (exact) mass is 283 g/mol. The van der Waals surface area contributed by atoms with Gasteiger partial charge in [0.2, 0.25) is 0 Å². The van der Waals surface area contributed by atoms with Crippen molar-refractivity contribution in [1.29, 1.82) is 0 Å². The Hall–Kier alpha value is -0.260. The Bertz CT molecular complexity index is 142. The van der Waals surface area contributed by atoms with E-state index in [0.29, 0.717) is 6.54 Å². The van der Waals surface area contributed by atoms with E-state index in [1.165, 1.54) is 0 Å². The summed E-state index contributed by atoms with van der Waals surface area (Å²) >= 11 is 0. The standard InChI is InChI=1S/C8H17N3.HI/c1-6-7-9-8(10(2)3)11(4)5;/h6H,1,7H2,2-5H3;1H. The van der Waals surface area contributed by atoms with E-state index in [4.69, 9.17) is 0 Å². The molecule has 72 valence electrons. The highest BCUT2D eigenvalue weighted by molar-refractivity contribution is 14.0. The second kappa shape index (κ2) is 7.39. The summed E-state index contributed by atoms with van der Waals surface area (Å²) in [6.07, 6.45) is 1.78. The molecule has 0 atom stereocenters. The van der Waals surface area contributed by atoms with E-state index >= 15 is 0 Å². The average Bonchev–Trinajstić information content (AvgIpc) is 1.87. The number of rotatable bonds is 2. The van der Waals surface area contributed by atoms with Crippen molar-refractivity contribution in [2.45, 2.75) is 0 Å². The van der Waals surface area contributed by atoms with Crippen molar-refractivity contribution in [2.24, 2.45) is 4.99 Å². The van der Waals surface area contributed by atoms with Gasteiger partial charge >= 0.3 is 0 Å². The van der Waals surface area contributed by atoms with Crippen molar-refractivity contribution in [3.05, 3.63) is 12.7 Å². The highest BCUT2D eigenvalue weighted by atomic mass is 127. The van der Waals surface area contributed by atoms with Gasteiger partial charge in [-0.2, -0.15) is 0 Å². The fourth-order valence-electron chi connectivity index (χ4n) is 0.829. The van der Waals surface area contributed by atoms with E-state index in [0.717, 1.165) is 5.96 Å². The third-order valence-electron chi connectivity index (χ3n) is 1.16. The minimum absolute atomic E-state index is 0. The van der Waals surface area contributed by atoms with Crippen molar-refractivity contribution in [3.8, 4) is 0 Å². The second-order valence-electron chi connectivity index (χ2n) is 2.72. The van der Waals surface area contributed by atoms with E-state index < -0.39 is 0 Å². The summed E-state index contributed by atoms with van der Waals surface area (Å²) in [5.74, 6) is 0.963. The zero-order valence-electron chi connectivity index (χ0n) is 8.24. The molecular weight excluding hydrogens is 265 g/mol. The molecule has 0 spiro atoms. The molecule has 0 radical (unpaired) electrons.